The van der Waals surface area contributed by atoms with Crippen LogP contribution in [-0.4, -0.2) is 43.5 Å². The van der Waals surface area contributed by atoms with Crippen LogP contribution in [0.3, 0.4) is 0 Å². The molecule has 9 heteroatoms. The average molecular weight is 396 g/mol. The van der Waals surface area contributed by atoms with Gasteiger partial charge in [0, 0.05) is 11.1 Å². The van der Waals surface area contributed by atoms with Crippen LogP contribution in [0, 0.1) is 0 Å². The van der Waals surface area contributed by atoms with Crippen molar-refractivity contribution in [1.29, 1.82) is 0 Å². The summed E-state index contributed by atoms with van der Waals surface area (Å²) in [6, 6.07) is 10.00. The molecule has 0 aliphatic carbocycles. The predicted octanol–water partition coefficient (Wildman–Crippen LogP) is 2.35. The number of halogens is 1. The summed E-state index contributed by atoms with van der Waals surface area (Å²) in [5.41, 5.74) is 0.711. The van der Waals surface area contributed by atoms with Crippen molar-refractivity contribution in [1.82, 2.24) is 4.98 Å². The highest BCUT2D eigenvalue weighted by Gasteiger charge is 2.27. The van der Waals surface area contributed by atoms with Gasteiger partial charge in [0.15, 0.2) is 16.4 Å². The predicted molar refractivity (Wildman–Crippen MR) is 100 cm³/mol. The molecule has 2 N–H and O–H groups in total. The highest BCUT2D eigenvalue weighted by molar-refractivity contribution is 7.91. The van der Waals surface area contributed by atoms with E-state index in [1.54, 1.807) is 42.6 Å². The van der Waals surface area contributed by atoms with Crippen molar-refractivity contribution in [2.75, 3.05) is 28.7 Å². The Kier molecular flexibility index (Phi) is 5.63. The van der Waals surface area contributed by atoms with Crippen molar-refractivity contribution in [3.63, 3.8) is 0 Å². The Morgan fingerprint density at radius 2 is 2.00 bits per heavy atom. The largest absolute Gasteiger partial charge is 0.484 e. The van der Waals surface area contributed by atoms with E-state index < -0.39 is 9.84 Å². The zero-order chi connectivity index (χ0) is 18.6. The molecule has 138 valence electrons. The molecule has 1 aliphatic heterocycles. The Morgan fingerprint density at radius 3 is 2.62 bits per heavy atom. The van der Waals surface area contributed by atoms with E-state index in [1.807, 2.05) is 0 Å². The molecule has 2 aromatic rings. The van der Waals surface area contributed by atoms with Crippen LogP contribution in [0.15, 0.2) is 42.6 Å². The maximum absolute atomic E-state index is 11.9. The number of ether oxygens (including phenoxy) is 1. The molecular weight excluding hydrogens is 378 g/mol. The zero-order valence-electron chi connectivity index (χ0n) is 13.8. The van der Waals surface area contributed by atoms with Gasteiger partial charge >= 0.3 is 0 Å². The molecule has 1 fully saturated rings. The van der Waals surface area contributed by atoms with E-state index in [1.165, 1.54) is 0 Å². The first-order valence-electron chi connectivity index (χ1n) is 8.01. The third kappa shape index (κ3) is 5.34. The number of hydrogen-bond donors (Lipinski definition) is 2. The van der Waals surface area contributed by atoms with Gasteiger partial charge < -0.3 is 15.4 Å². The van der Waals surface area contributed by atoms with Crippen LogP contribution in [0.1, 0.15) is 6.42 Å². The van der Waals surface area contributed by atoms with E-state index in [4.69, 9.17) is 16.3 Å². The quantitative estimate of drug-likeness (QED) is 0.779. The SMILES string of the molecule is O=C(COc1ccc(Cl)cc1)Nc1ccc(NC2CCS(=O)(=O)C2)cn1. The van der Waals surface area contributed by atoms with E-state index in [-0.39, 0.29) is 30.1 Å². The van der Waals surface area contributed by atoms with Gasteiger partial charge in [0.05, 0.1) is 23.4 Å². The number of anilines is 2. The third-order valence-corrected chi connectivity index (χ3v) is 5.84. The van der Waals surface area contributed by atoms with Crippen LogP contribution in [0.2, 0.25) is 5.02 Å². The Hall–Kier alpha value is -2.32. The smallest absolute Gasteiger partial charge is 0.263 e. The number of carbonyl (C=O) groups is 1. The van der Waals surface area contributed by atoms with E-state index in [0.29, 0.717) is 28.7 Å². The highest BCUT2D eigenvalue weighted by atomic mass is 35.5. The second kappa shape index (κ2) is 7.92. The molecule has 3 rings (SSSR count). The molecule has 1 aromatic carbocycles. The minimum absolute atomic E-state index is 0.102. The lowest BCUT2D eigenvalue weighted by atomic mass is 10.2. The van der Waals surface area contributed by atoms with Gasteiger partial charge in [-0.25, -0.2) is 13.4 Å². The fourth-order valence-corrected chi connectivity index (χ4v) is 4.36. The number of sulfone groups is 1. The molecule has 1 aromatic heterocycles. The second-order valence-corrected chi connectivity index (χ2v) is 8.63. The van der Waals surface area contributed by atoms with Crippen molar-refractivity contribution in [2.24, 2.45) is 0 Å². The Labute approximate surface area is 156 Å². The van der Waals surface area contributed by atoms with Crippen LogP contribution in [0.25, 0.3) is 0 Å². The lowest BCUT2D eigenvalue weighted by Crippen LogP contribution is -2.22. The molecule has 1 saturated heterocycles. The lowest BCUT2D eigenvalue weighted by molar-refractivity contribution is -0.118. The fraction of sp³-hybridized carbons (Fsp3) is 0.294. The van der Waals surface area contributed by atoms with Crippen molar-refractivity contribution in [3.05, 3.63) is 47.6 Å². The highest BCUT2D eigenvalue weighted by Crippen LogP contribution is 2.18. The number of nitrogens with one attached hydrogen (secondary N) is 2. The second-order valence-electron chi connectivity index (χ2n) is 5.97. The van der Waals surface area contributed by atoms with Gasteiger partial charge in [-0.2, -0.15) is 0 Å². The van der Waals surface area contributed by atoms with Crippen molar-refractivity contribution in [3.8, 4) is 5.75 Å². The standard InChI is InChI=1S/C17H18ClN3O4S/c18-12-1-4-15(5-2-12)25-10-17(22)21-16-6-3-13(9-19-16)20-14-7-8-26(23,24)11-14/h1-6,9,14,20H,7-8,10-11H2,(H,19,21,22). The van der Waals surface area contributed by atoms with Gasteiger partial charge in [0.25, 0.3) is 5.91 Å². The number of aromatic nitrogens is 1. The van der Waals surface area contributed by atoms with Crippen LogP contribution in [0.5, 0.6) is 5.75 Å². The summed E-state index contributed by atoms with van der Waals surface area (Å²) in [7, 11) is -2.93. The van der Waals surface area contributed by atoms with Gasteiger partial charge in [0.2, 0.25) is 0 Å². The Morgan fingerprint density at radius 1 is 1.23 bits per heavy atom. The summed E-state index contributed by atoms with van der Waals surface area (Å²) in [5, 5.41) is 6.36. The number of nitrogens with zero attached hydrogens (tertiary/aromatic N) is 1. The zero-order valence-corrected chi connectivity index (χ0v) is 15.4. The molecule has 0 spiro atoms. The summed E-state index contributed by atoms with van der Waals surface area (Å²) < 4.78 is 28.3. The van der Waals surface area contributed by atoms with Crippen LogP contribution in [-0.2, 0) is 14.6 Å². The Balaban J connectivity index is 1.47. The summed E-state index contributed by atoms with van der Waals surface area (Å²) in [5.74, 6) is 0.936. The Bertz CT molecular complexity index is 870. The van der Waals surface area contributed by atoms with Crippen molar-refractivity contribution < 1.29 is 17.9 Å². The van der Waals surface area contributed by atoms with Gasteiger partial charge in [-0.15, -0.1) is 0 Å². The molecule has 0 saturated carbocycles. The number of hydrogen-bond acceptors (Lipinski definition) is 6. The fourth-order valence-electron chi connectivity index (χ4n) is 2.56. The molecule has 1 unspecified atom stereocenters. The number of rotatable bonds is 6. The molecule has 0 radical (unpaired) electrons. The van der Waals surface area contributed by atoms with Crippen LogP contribution in [0.4, 0.5) is 11.5 Å². The van der Waals surface area contributed by atoms with E-state index in [0.717, 1.165) is 0 Å². The molecule has 1 aliphatic rings. The van der Waals surface area contributed by atoms with E-state index in [9.17, 15) is 13.2 Å². The van der Waals surface area contributed by atoms with Crippen LogP contribution < -0.4 is 15.4 Å². The third-order valence-electron chi connectivity index (χ3n) is 3.82. The monoisotopic (exact) mass is 395 g/mol. The minimum atomic E-state index is -2.93. The lowest BCUT2D eigenvalue weighted by Gasteiger charge is -2.12. The van der Waals surface area contributed by atoms with Gasteiger partial charge in [-0.1, -0.05) is 11.6 Å². The number of amides is 1. The maximum Gasteiger partial charge on any atom is 0.263 e. The first-order chi connectivity index (χ1) is 12.4. The molecule has 1 atom stereocenters. The molecule has 2 heterocycles. The van der Waals surface area contributed by atoms with Gasteiger partial charge in [-0.3, -0.25) is 4.79 Å². The molecule has 0 bridgehead atoms. The number of benzene rings is 1. The minimum Gasteiger partial charge on any atom is -0.484 e. The van der Waals surface area contributed by atoms with Gasteiger partial charge in [-0.05, 0) is 42.8 Å². The molecular formula is C17H18ClN3O4S. The summed E-state index contributed by atoms with van der Waals surface area (Å²) in [6.07, 6.45) is 2.14. The van der Waals surface area contributed by atoms with Crippen molar-refractivity contribution >= 4 is 38.9 Å². The average Bonchev–Trinajstić information content (AvgIpc) is 2.95. The normalized spacial score (nSPS) is 18.3. The van der Waals surface area contributed by atoms with Gasteiger partial charge in [0.1, 0.15) is 11.6 Å². The summed E-state index contributed by atoms with van der Waals surface area (Å²) in [4.78, 5) is 16.1. The maximum atomic E-state index is 11.9. The molecule has 7 nitrogen and oxygen atoms in total. The van der Waals surface area contributed by atoms with E-state index >= 15 is 0 Å². The first kappa shape index (κ1) is 18.5. The first-order valence-corrected chi connectivity index (χ1v) is 10.2. The van der Waals surface area contributed by atoms with E-state index in [2.05, 4.69) is 15.6 Å². The van der Waals surface area contributed by atoms with Crippen LogP contribution >= 0.6 is 11.6 Å². The topological polar surface area (TPSA) is 97.4 Å². The number of carbonyl (C=O) groups excluding carboxylic acids is 1. The summed E-state index contributed by atoms with van der Waals surface area (Å²) in [6.45, 7) is -0.150. The molecule has 26 heavy (non-hydrogen) atoms. The summed E-state index contributed by atoms with van der Waals surface area (Å²) >= 11 is 5.78. The molecule has 1 amide bonds. The van der Waals surface area contributed by atoms with Crippen molar-refractivity contribution in [2.45, 2.75) is 12.5 Å². The number of pyridine rings is 1.